The Hall–Kier alpha value is -1.96. The summed E-state index contributed by atoms with van der Waals surface area (Å²) in [4.78, 5) is 4.20. The minimum atomic E-state index is -2.84. The van der Waals surface area contributed by atoms with Crippen LogP contribution in [0.2, 0.25) is 0 Å². The highest BCUT2D eigenvalue weighted by molar-refractivity contribution is 7.91. The summed E-state index contributed by atoms with van der Waals surface area (Å²) >= 11 is 0. The molecule has 1 aromatic carbocycles. The highest BCUT2D eigenvalue weighted by Crippen LogP contribution is 2.28. The van der Waals surface area contributed by atoms with Crippen molar-refractivity contribution in [2.45, 2.75) is 26.7 Å². The van der Waals surface area contributed by atoms with Crippen molar-refractivity contribution in [3.63, 3.8) is 0 Å². The normalized spacial score (nSPS) is 18.9. The van der Waals surface area contributed by atoms with Crippen molar-refractivity contribution < 1.29 is 17.9 Å². The lowest BCUT2D eigenvalue weighted by molar-refractivity contribution is 0.287. The summed E-state index contributed by atoms with van der Waals surface area (Å²) in [5, 5.41) is 6.49. The number of aliphatic imine (C=N–C) groups is 1. The smallest absolute Gasteiger partial charge is 0.190 e. The number of hydrogen-bond acceptors (Lipinski definition) is 5. The van der Waals surface area contributed by atoms with E-state index in [4.69, 9.17) is 9.47 Å². The maximum absolute atomic E-state index is 11.5. The Morgan fingerprint density at radius 1 is 1.19 bits per heavy atom. The first-order valence-corrected chi connectivity index (χ1v) is 11.3. The molecule has 7 nitrogen and oxygen atoms in total. The van der Waals surface area contributed by atoms with Crippen molar-refractivity contribution in [3.05, 3.63) is 23.8 Å². The minimum absolute atomic E-state index is 0.161. The van der Waals surface area contributed by atoms with E-state index < -0.39 is 9.84 Å². The third-order valence-electron chi connectivity index (χ3n) is 4.42. The zero-order valence-electron chi connectivity index (χ0n) is 16.5. The van der Waals surface area contributed by atoms with Crippen LogP contribution < -0.4 is 20.1 Å². The number of benzene rings is 1. The SMILES string of the molecule is CCOc1ccc(CCNC(=NC)NCC2CCS(=O)(=O)C2)cc1OCC. The molecule has 1 aliphatic rings. The topological polar surface area (TPSA) is 89.0 Å². The van der Waals surface area contributed by atoms with Crippen LogP contribution >= 0.6 is 0 Å². The molecule has 152 valence electrons. The van der Waals surface area contributed by atoms with Gasteiger partial charge in [0.15, 0.2) is 27.3 Å². The maximum atomic E-state index is 11.5. The molecule has 1 aliphatic heterocycles. The zero-order chi connectivity index (χ0) is 19.7. The van der Waals surface area contributed by atoms with Crippen LogP contribution in [0.25, 0.3) is 0 Å². The lowest BCUT2D eigenvalue weighted by Gasteiger charge is -2.15. The third kappa shape index (κ3) is 6.93. The second kappa shape index (κ2) is 10.4. The van der Waals surface area contributed by atoms with E-state index in [1.54, 1.807) is 7.05 Å². The molecule has 1 atom stereocenters. The van der Waals surface area contributed by atoms with E-state index in [1.165, 1.54) is 0 Å². The van der Waals surface area contributed by atoms with Gasteiger partial charge in [-0.05, 0) is 50.3 Å². The van der Waals surface area contributed by atoms with Crippen LogP contribution in [0, 0.1) is 5.92 Å². The first-order valence-electron chi connectivity index (χ1n) is 9.50. The number of nitrogens with zero attached hydrogens (tertiary/aromatic N) is 1. The fraction of sp³-hybridized carbons (Fsp3) is 0.632. The molecule has 1 unspecified atom stereocenters. The van der Waals surface area contributed by atoms with Gasteiger partial charge in [0, 0.05) is 20.1 Å². The van der Waals surface area contributed by atoms with Crippen molar-refractivity contribution in [2.75, 3.05) is 44.9 Å². The van der Waals surface area contributed by atoms with E-state index in [2.05, 4.69) is 15.6 Å². The van der Waals surface area contributed by atoms with Gasteiger partial charge in [-0.2, -0.15) is 0 Å². The lowest BCUT2D eigenvalue weighted by atomic mass is 10.1. The molecule has 1 heterocycles. The van der Waals surface area contributed by atoms with Crippen LogP contribution in [-0.4, -0.2) is 59.2 Å². The maximum Gasteiger partial charge on any atom is 0.190 e. The molecule has 1 aromatic rings. The van der Waals surface area contributed by atoms with E-state index in [0.29, 0.717) is 38.0 Å². The Morgan fingerprint density at radius 3 is 2.56 bits per heavy atom. The predicted octanol–water partition coefficient (Wildman–Crippen LogP) is 1.63. The van der Waals surface area contributed by atoms with Crippen molar-refractivity contribution in [3.8, 4) is 11.5 Å². The van der Waals surface area contributed by atoms with Crippen LogP contribution in [0.1, 0.15) is 25.8 Å². The van der Waals surface area contributed by atoms with Crippen LogP contribution in [0.15, 0.2) is 23.2 Å². The predicted molar refractivity (Wildman–Crippen MR) is 109 cm³/mol. The summed E-state index contributed by atoms with van der Waals surface area (Å²) in [6, 6.07) is 5.99. The number of rotatable bonds is 9. The Morgan fingerprint density at radius 2 is 1.93 bits per heavy atom. The standard InChI is InChI=1S/C19H31N3O4S/c1-4-25-17-7-6-15(12-18(17)26-5-2)8-10-21-19(20-3)22-13-16-9-11-27(23,24)14-16/h6-7,12,16H,4-5,8-11,13-14H2,1-3H3,(H2,20,21,22). The van der Waals surface area contributed by atoms with Gasteiger partial charge in [-0.25, -0.2) is 8.42 Å². The Labute approximate surface area is 162 Å². The molecule has 0 aromatic heterocycles. The van der Waals surface area contributed by atoms with Crippen LogP contribution in [-0.2, 0) is 16.3 Å². The molecule has 8 heteroatoms. The Kier molecular flexibility index (Phi) is 8.22. The van der Waals surface area contributed by atoms with Crippen LogP contribution in [0.3, 0.4) is 0 Å². The number of nitrogens with one attached hydrogen (secondary N) is 2. The van der Waals surface area contributed by atoms with E-state index in [9.17, 15) is 8.42 Å². The van der Waals surface area contributed by atoms with Gasteiger partial charge >= 0.3 is 0 Å². The highest BCUT2D eigenvalue weighted by Gasteiger charge is 2.27. The molecule has 1 fully saturated rings. The van der Waals surface area contributed by atoms with E-state index in [1.807, 2.05) is 32.0 Å². The molecule has 2 rings (SSSR count). The van der Waals surface area contributed by atoms with Crippen molar-refractivity contribution in [1.29, 1.82) is 0 Å². The monoisotopic (exact) mass is 397 g/mol. The summed E-state index contributed by atoms with van der Waals surface area (Å²) in [5.41, 5.74) is 1.15. The summed E-state index contributed by atoms with van der Waals surface area (Å²) in [6.45, 7) is 6.43. The first kappa shape index (κ1) is 21.3. The zero-order valence-corrected chi connectivity index (χ0v) is 17.3. The number of hydrogen-bond donors (Lipinski definition) is 2. The fourth-order valence-corrected chi connectivity index (χ4v) is 4.93. The van der Waals surface area contributed by atoms with Gasteiger partial charge in [0.05, 0.1) is 24.7 Å². The van der Waals surface area contributed by atoms with Gasteiger partial charge in [-0.15, -0.1) is 0 Å². The largest absolute Gasteiger partial charge is 0.490 e. The molecule has 27 heavy (non-hydrogen) atoms. The quantitative estimate of drug-likeness (QED) is 0.486. The summed E-state index contributed by atoms with van der Waals surface area (Å²) in [7, 11) is -1.13. The molecule has 0 radical (unpaired) electrons. The van der Waals surface area contributed by atoms with Gasteiger partial charge in [0.2, 0.25) is 0 Å². The van der Waals surface area contributed by atoms with E-state index in [0.717, 1.165) is 29.9 Å². The number of ether oxygens (including phenoxy) is 2. The molecule has 0 aliphatic carbocycles. The molecular formula is C19H31N3O4S. The average molecular weight is 398 g/mol. The van der Waals surface area contributed by atoms with Crippen molar-refractivity contribution in [2.24, 2.45) is 10.9 Å². The second-order valence-corrected chi connectivity index (χ2v) is 8.77. The average Bonchev–Trinajstić information content (AvgIpc) is 2.99. The molecule has 0 bridgehead atoms. The summed E-state index contributed by atoms with van der Waals surface area (Å²) < 4.78 is 34.3. The van der Waals surface area contributed by atoms with Gasteiger partial charge in [0.1, 0.15) is 0 Å². The molecular weight excluding hydrogens is 366 g/mol. The Balaban J connectivity index is 1.80. The van der Waals surface area contributed by atoms with E-state index in [-0.39, 0.29) is 11.7 Å². The van der Waals surface area contributed by atoms with Gasteiger partial charge in [0.25, 0.3) is 0 Å². The lowest BCUT2D eigenvalue weighted by Crippen LogP contribution is -2.40. The Bertz CT molecular complexity index is 734. The van der Waals surface area contributed by atoms with E-state index >= 15 is 0 Å². The van der Waals surface area contributed by atoms with Gasteiger partial charge in [-0.3, -0.25) is 4.99 Å². The fourth-order valence-electron chi connectivity index (χ4n) is 3.07. The van der Waals surface area contributed by atoms with Gasteiger partial charge in [-0.1, -0.05) is 6.07 Å². The second-order valence-electron chi connectivity index (χ2n) is 6.55. The van der Waals surface area contributed by atoms with Gasteiger partial charge < -0.3 is 20.1 Å². The molecule has 0 spiro atoms. The summed E-state index contributed by atoms with van der Waals surface area (Å²) in [5.74, 6) is 2.94. The molecule has 1 saturated heterocycles. The molecule has 2 N–H and O–H groups in total. The molecule has 0 amide bonds. The number of guanidine groups is 1. The minimum Gasteiger partial charge on any atom is -0.490 e. The first-order chi connectivity index (χ1) is 13.0. The third-order valence-corrected chi connectivity index (χ3v) is 6.26. The highest BCUT2D eigenvalue weighted by atomic mass is 32.2. The van der Waals surface area contributed by atoms with Crippen molar-refractivity contribution in [1.82, 2.24) is 10.6 Å². The van der Waals surface area contributed by atoms with Crippen molar-refractivity contribution >= 4 is 15.8 Å². The van der Waals surface area contributed by atoms with Crippen LogP contribution in [0.5, 0.6) is 11.5 Å². The molecule has 0 saturated carbocycles. The van der Waals surface area contributed by atoms with Crippen LogP contribution in [0.4, 0.5) is 0 Å². The number of sulfone groups is 1. The summed E-state index contributed by atoms with van der Waals surface area (Å²) in [6.07, 6.45) is 1.53.